The number of benzene rings is 1. The quantitative estimate of drug-likeness (QED) is 0.854. The SMILES string of the molecule is CNc1ccccc1S(=O)(=O)NCc1cnn(C)c1. The molecule has 0 aliphatic heterocycles. The molecule has 0 atom stereocenters. The number of sulfonamides is 1. The molecule has 0 unspecified atom stereocenters. The molecule has 0 fully saturated rings. The van der Waals surface area contributed by atoms with Gasteiger partial charge in [0.25, 0.3) is 0 Å². The van der Waals surface area contributed by atoms with Crippen molar-refractivity contribution in [3.05, 3.63) is 42.2 Å². The molecule has 0 aliphatic carbocycles. The summed E-state index contributed by atoms with van der Waals surface area (Å²) in [5.74, 6) is 0. The van der Waals surface area contributed by atoms with Crippen LogP contribution in [0.2, 0.25) is 0 Å². The Morgan fingerprint density at radius 2 is 2.05 bits per heavy atom. The highest BCUT2D eigenvalue weighted by atomic mass is 32.2. The van der Waals surface area contributed by atoms with E-state index >= 15 is 0 Å². The molecule has 1 aromatic heterocycles. The maximum absolute atomic E-state index is 12.2. The zero-order chi connectivity index (χ0) is 13.9. The lowest BCUT2D eigenvalue weighted by molar-refractivity contribution is 0.581. The number of nitrogens with zero attached hydrogens (tertiary/aromatic N) is 2. The van der Waals surface area contributed by atoms with Gasteiger partial charge in [0.2, 0.25) is 10.0 Å². The number of anilines is 1. The standard InChI is InChI=1S/C12H16N4O2S/c1-13-11-5-3-4-6-12(11)19(17,18)15-8-10-7-14-16(2)9-10/h3-7,9,13,15H,8H2,1-2H3. The second-order valence-electron chi connectivity index (χ2n) is 4.09. The van der Waals surface area contributed by atoms with E-state index in [1.54, 1.807) is 55.4 Å². The van der Waals surface area contributed by atoms with Crippen LogP contribution < -0.4 is 10.0 Å². The molecule has 1 heterocycles. The molecule has 0 spiro atoms. The van der Waals surface area contributed by atoms with Gasteiger partial charge in [-0.2, -0.15) is 5.10 Å². The molecule has 6 nitrogen and oxygen atoms in total. The van der Waals surface area contributed by atoms with Crippen LogP contribution in [0.4, 0.5) is 5.69 Å². The number of aryl methyl sites for hydroxylation is 1. The van der Waals surface area contributed by atoms with Crippen LogP contribution in [-0.2, 0) is 23.6 Å². The molecule has 2 aromatic rings. The summed E-state index contributed by atoms with van der Waals surface area (Å²) in [6, 6.07) is 6.77. The fraction of sp³-hybridized carbons (Fsp3) is 0.250. The summed E-state index contributed by atoms with van der Waals surface area (Å²) in [6.07, 6.45) is 3.40. The Bertz CT molecular complexity index is 664. The van der Waals surface area contributed by atoms with E-state index in [1.807, 2.05) is 0 Å². The zero-order valence-corrected chi connectivity index (χ0v) is 11.6. The first kappa shape index (κ1) is 13.6. The summed E-state index contributed by atoms with van der Waals surface area (Å²) in [5, 5.41) is 6.86. The van der Waals surface area contributed by atoms with E-state index in [2.05, 4.69) is 15.1 Å². The van der Waals surface area contributed by atoms with Gasteiger partial charge in [-0.15, -0.1) is 0 Å². The smallest absolute Gasteiger partial charge is 0.242 e. The Morgan fingerprint density at radius 3 is 2.68 bits per heavy atom. The van der Waals surface area contributed by atoms with Crippen molar-refractivity contribution in [2.75, 3.05) is 12.4 Å². The molecule has 0 saturated carbocycles. The van der Waals surface area contributed by atoms with Gasteiger partial charge in [-0.25, -0.2) is 13.1 Å². The second-order valence-corrected chi connectivity index (χ2v) is 5.83. The number of nitrogens with one attached hydrogen (secondary N) is 2. The molecular formula is C12H16N4O2S. The van der Waals surface area contributed by atoms with Gasteiger partial charge in [0, 0.05) is 32.4 Å². The normalized spacial score (nSPS) is 11.5. The van der Waals surface area contributed by atoms with Crippen LogP contribution in [0.1, 0.15) is 5.56 Å². The van der Waals surface area contributed by atoms with Crippen LogP contribution in [0.5, 0.6) is 0 Å². The third-order valence-electron chi connectivity index (χ3n) is 2.67. The molecule has 0 bridgehead atoms. The summed E-state index contributed by atoms with van der Waals surface area (Å²) in [4.78, 5) is 0.237. The highest BCUT2D eigenvalue weighted by Crippen LogP contribution is 2.19. The van der Waals surface area contributed by atoms with E-state index in [0.29, 0.717) is 5.69 Å². The predicted octanol–water partition coefficient (Wildman–Crippen LogP) is 0.940. The molecule has 0 saturated heterocycles. The van der Waals surface area contributed by atoms with Crippen LogP contribution in [-0.4, -0.2) is 25.2 Å². The van der Waals surface area contributed by atoms with Gasteiger partial charge < -0.3 is 5.32 Å². The molecule has 19 heavy (non-hydrogen) atoms. The Hall–Kier alpha value is -1.86. The average molecular weight is 280 g/mol. The lowest BCUT2D eigenvalue weighted by Gasteiger charge is -2.10. The van der Waals surface area contributed by atoms with Crippen LogP contribution in [0.15, 0.2) is 41.6 Å². The topological polar surface area (TPSA) is 76.0 Å². The maximum atomic E-state index is 12.2. The monoisotopic (exact) mass is 280 g/mol. The predicted molar refractivity (Wildman–Crippen MR) is 73.2 cm³/mol. The largest absolute Gasteiger partial charge is 0.387 e. The molecule has 102 valence electrons. The van der Waals surface area contributed by atoms with Crippen molar-refractivity contribution in [2.45, 2.75) is 11.4 Å². The van der Waals surface area contributed by atoms with Crippen molar-refractivity contribution in [3.63, 3.8) is 0 Å². The van der Waals surface area contributed by atoms with E-state index < -0.39 is 10.0 Å². The molecule has 0 radical (unpaired) electrons. The number of hydrogen-bond acceptors (Lipinski definition) is 4. The molecule has 2 rings (SSSR count). The van der Waals surface area contributed by atoms with Gasteiger partial charge in [0.05, 0.1) is 11.9 Å². The molecule has 7 heteroatoms. The van der Waals surface area contributed by atoms with Crippen LogP contribution in [0.25, 0.3) is 0 Å². The fourth-order valence-corrected chi connectivity index (χ4v) is 2.96. The zero-order valence-electron chi connectivity index (χ0n) is 10.8. The second kappa shape index (κ2) is 5.41. The minimum absolute atomic E-state index is 0.216. The van der Waals surface area contributed by atoms with Gasteiger partial charge in [-0.3, -0.25) is 4.68 Å². The third-order valence-corrected chi connectivity index (χ3v) is 4.13. The van der Waals surface area contributed by atoms with E-state index in [0.717, 1.165) is 5.56 Å². The first-order valence-corrected chi connectivity index (χ1v) is 7.25. The Labute approximate surface area is 112 Å². The summed E-state index contributed by atoms with van der Waals surface area (Å²) < 4.78 is 28.6. The minimum Gasteiger partial charge on any atom is -0.387 e. The molecule has 2 N–H and O–H groups in total. The first-order valence-electron chi connectivity index (χ1n) is 5.77. The summed E-state index contributed by atoms with van der Waals surface area (Å²) in [7, 11) is -0.0655. The van der Waals surface area contributed by atoms with Crippen molar-refractivity contribution in [1.29, 1.82) is 0 Å². The Balaban J connectivity index is 2.18. The van der Waals surface area contributed by atoms with Crippen LogP contribution >= 0.6 is 0 Å². The van der Waals surface area contributed by atoms with Crippen molar-refractivity contribution in [3.8, 4) is 0 Å². The van der Waals surface area contributed by atoms with Gasteiger partial charge in [-0.05, 0) is 12.1 Å². The molecule has 0 amide bonds. The van der Waals surface area contributed by atoms with Crippen LogP contribution in [0.3, 0.4) is 0 Å². The average Bonchev–Trinajstić information content (AvgIpc) is 2.82. The van der Waals surface area contributed by atoms with Crippen molar-refractivity contribution in [2.24, 2.45) is 7.05 Å². The Morgan fingerprint density at radius 1 is 1.32 bits per heavy atom. The number of hydrogen-bond donors (Lipinski definition) is 2. The van der Waals surface area contributed by atoms with Gasteiger partial charge >= 0.3 is 0 Å². The first-order chi connectivity index (χ1) is 9.03. The summed E-state index contributed by atoms with van der Waals surface area (Å²) >= 11 is 0. The number of aromatic nitrogens is 2. The van der Waals surface area contributed by atoms with E-state index in [-0.39, 0.29) is 11.4 Å². The fourth-order valence-electron chi connectivity index (χ4n) is 1.73. The van der Waals surface area contributed by atoms with Crippen molar-refractivity contribution < 1.29 is 8.42 Å². The van der Waals surface area contributed by atoms with E-state index in [4.69, 9.17) is 0 Å². The molecular weight excluding hydrogens is 264 g/mol. The number of para-hydroxylation sites is 1. The maximum Gasteiger partial charge on any atom is 0.242 e. The Kier molecular flexibility index (Phi) is 3.87. The van der Waals surface area contributed by atoms with Crippen molar-refractivity contribution >= 4 is 15.7 Å². The highest BCUT2D eigenvalue weighted by molar-refractivity contribution is 7.89. The molecule has 0 aliphatic rings. The summed E-state index contributed by atoms with van der Waals surface area (Å²) in [5.41, 5.74) is 1.38. The van der Waals surface area contributed by atoms with Gasteiger partial charge in [0.15, 0.2) is 0 Å². The summed E-state index contributed by atoms with van der Waals surface area (Å²) in [6.45, 7) is 0.216. The third kappa shape index (κ3) is 3.12. The lowest BCUT2D eigenvalue weighted by atomic mass is 10.3. The number of rotatable bonds is 5. The van der Waals surface area contributed by atoms with Gasteiger partial charge in [0.1, 0.15) is 4.90 Å². The van der Waals surface area contributed by atoms with Gasteiger partial charge in [-0.1, -0.05) is 12.1 Å². The van der Waals surface area contributed by atoms with E-state index in [1.165, 1.54) is 0 Å². The minimum atomic E-state index is -3.54. The lowest BCUT2D eigenvalue weighted by Crippen LogP contribution is -2.23. The van der Waals surface area contributed by atoms with Crippen LogP contribution in [0, 0.1) is 0 Å². The van der Waals surface area contributed by atoms with E-state index in [9.17, 15) is 8.42 Å². The molecule has 1 aromatic carbocycles. The van der Waals surface area contributed by atoms with Crippen molar-refractivity contribution in [1.82, 2.24) is 14.5 Å². The highest BCUT2D eigenvalue weighted by Gasteiger charge is 2.17.